The van der Waals surface area contributed by atoms with Crippen LogP contribution in [0.3, 0.4) is 0 Å². The summed E-state index contributed by atoms with van der Waals surface area (Å²) in [4.78, 5) is 24.0. The van der Waals surface area contributed by atoms with E-state index in [-0.39, 0.29) is 36.2 Å². The van der Waals surface area contributed by atoms with Gasteiger partial charge in [0.05, 0.1) is 13.0 Å². The van der Waals surface area contributed by atoms with Crippen molar-refractivity contribution in [1.82, 2.24) is 10.6 Å². The first-order valence-corrected chi connectivity index (χ1v) is 8.22. The number of esters is 1. The van der Waals surface area contributed by atoms with Crippen LogP contribution in [-0.4, -0.2) is 38.1 Å². The van der Waals surface area contributed by atoms with Gasteiger partial charge in [0.1, 0.15) is 0 Å². The molecular formula is C18H27ClN2O3. The van der Waals surface area contributed by atoms with Crippen molar-refractivity contribution >= 4 is 24.3 Å². The second-order valence-corrected chi connectivity index (χ2v) is 6.21. The molecule has 134 valence electrons. The molecule has 0 aliphatic carbocycles. The maximum Gasteiger partial charge on any atom is 0.310 e. The Morgan fingerprint density at radius 3 is 2.83 bits per heavy atom. The molecule has 0 bridgehead atoms. The Labute approximate surface area is 149 Å². The molecule has 0 aromatic heterocycles. The quantitative estimate of drug-likeness (QED) is 0.735. The van der Waals surface area contributed by atoms with E-state index in [1.807, 2.05) is 25.1 Å². The molecule has 5 nitrogen and oxygen atoms in total. The fourth-order valence-corrected chi connectivity index (χ4v) is 2.99. The highest BCUT2D eigenvalue weighted by atomic mass is 35.5. The molecule has 1 aromatic rings. The van der Waals surface area contributed by atoms with E-state index < -0.39 is 0 Å². The summed E-state index contributed by atoms with van der Waals surface area (Å²) in [6.07, 6.45) is 3.20. The number of benzene rings is 1. The summed E-state index contributed by atoms with van der Waals surface area (Å²) in [7, 11) is 1.38. The van der Waals surface area contributed by atoms with Crippen LogP contribution in [0, 0.1) is 12.8 Å². The first-order chi connectivity index (χ1) is 11.1. The van der Waals surface area contributed by atoms with Gasteiger partial charge in [-0.2, -0.15) is 0 Å². The van der Waals surface area contributed by atoms with Crippen molar-refractivity contribution in [2.75, 3.05) is 20.2 Å². The highest BCUT2D eigenvalue weighted by Gasteiger charge is 2.22. The van der Waals surface area contributed by atoms with E-state index in [0.29, 0.717) is 19.4 Å². The van der Waals surface area contributed by atoms with E-state index >= 15 is 0 Å². The molecule has 1 aliphatic rings. The lowest BCUT2D eigenvalue weighted by Gasteiger charge is -2.17. The lowest BCUT2D eigenvalue weighted by molar-refractivity contribution is -0.145. The summed E-state index contributed by atoms with van der Waals surface area (Å²) in [5.41, 5.74) is 2.23. The van der Waals surface area contributed by atoms with Crippen molar-refractivity contribution in [3.8, 4) is 0 Å². The number of hydrogen-bond donors (Lipinski definition) is 2. The Morgan fingerprint density at radius 1 is 1.42 bits per heavy atom. The number of halogens is 1. The first-order valence-electron chi connectivity index (χ1n) is 8.22. The molecule has 0 spiro atoms. The van der Waals surface area contributed by atoms with Gasteiger partial charge in [-0.15, -0.1) is 12.4 Å². The Bertz CT molecular complexity index is 545. The molecule has 1 fully saturated rings. The van der Waals surface area contributed by atoms with E-state index in [2.05, 4.69) is 16.7 Å². The molecule has 0 radical (unpaired) electrons. The molecule has 1 aromatic carbocycles. The van der Waals surface area contributed by atoms with Crippen LogP contribution in [0.15, 0.2) is 24.3 Å². The Balaban J connectivity index is 0.00000288. The fraction of sp³-hybridized carbons (Fsp3) is 0.556. The van der Waals surface area contributed by atoms with E-state index in [1.54, 1.807) is 0 Å². The van der Waals surface area contributed by atoms with Crippen LogP contribution in [0.25, 0.3) is 0 Å². The predicted octanol–water partition coefficient (Wildman–Crippen LogP) is 2.01. The van der Waals surface area contributed by atoms with Crippen molar-refractivity contribution in [3.05, 3.63) is 35.4 Å². The van der Waals surface area contributed by atoms with Crippen molar-refractivity contribution in [2.24, 2.45) is 5.92 Å². The van der Waals surface area contributed by atoms with Gasteiger partial charge in [-0.3, -0.25) is 9.59 Å². The van der Waals surface area contributed by atoms with E-state index in [1.165, 1.54) is 7.11 Å². The third kappa shape index (κ3) is 6.49. The summed E-state index contributed by atoms with van der Waals surface area (Å²) in [6, 6.07) is 8.31. The summed E-state index contributed by atoms with van der Waals surface area (Å²) in [5.74, 6) is -0.657. The molecular weight excluding hydrogens is 328 g/mol. The number of aryl methyl sites for hydroxylation is 1. The molecule has 2 rings (SSSR count). The summed E-state index contributed by atoms with van der Waals surface area (Å²) in [5, 5.41) is 6.18. The fourth-order valence-electron chi connectivity index (χ4n) is 2.99. The molecule has 1 heterocycles. The van der Waals surface area contributed by atoms with Gasteiger partial charge in [0.2, 0.25) is 5.91 Å². The lowest BCUT2D eigenvalue weighted by atomic mass is 9.98. The van der Waals surface area contributed by atoms with Crippen LogP contribution >= 0.6 is 12.4 Å². The number of amides is 1. The number of carbonyl (C=O) groups is 2. The maximum absolute atomic E-state index is 12.0. The minimum atomic E-state index is -0.359. The number of rotatable bonds is 7. The van der Waals surface area contributed by atoms with Crippen LogP contribution in [-0.2, 0) is 20.7 Å². The van der Waals surface area contributed by atoms with Gasteiger partial charge in [0.15, 0.2) is 0 Å². The molecule has 2 atom stereocenters. The highest BCUT2D eigenvalue weighted by molar-refractivity contribution is 5.85. The van der Waals surface area contributed by atoms with Crippen LogP contribution in [0.5, 0.6) is 0 Å². The third-order valence-electron chi connectivity index (χ3n) is 4.24. The smallest absolute Gasteiger partial charge is 0.310 e. The Morgan fingerprint density at radius 2 is 2.21 bits per heavy atom. The van der Waals surface area contributed by atoms with Gasteiger partial charge in [0.25, 0.3) is 0 Å². The van der Waals surface area contributed by atoms with E-state index in [9.17, 15) is 9.59 Å². The molecule has 1 saturated heterocycles. The molecule has 1 aliphatic heterocycles. The number of ether oxygens (including phenoxy) is 1. The van der Waals surface area contributed by atoms with Crippen LogP contribution in [0.2, 0.25) is 0 Å². The van der Waals surface area contributed by atoms with Crippen molar-refractivity contribution < 1.29 is 14.3 Å². The predicted molar refractivity (Wildman–Crippen MR) is 96.3 cm³/mol. The van der Waals surface area contributed by atoms with Gasteiger partial charge < -0.3 is 15.4 Å². The van der Waals surface area contributed by atoms with Gasteiger partial charge in [-0.25, -0.2) is 0 Å². The molecule has 6 heteroatoms. The Kier molecular flexibility index (Phi) is 8.79. The molecule has 24 heavy (non-hydrogen) atoms. The zero-order chi connectivity index (χ0) is 16.7. The maximum atomic E-state index is 12.0. The second kappa shape index (κ2) is 10.3. The van der Waals surface area contributed by atoms with Crippen LogP contribution in [0.4, 0.5) is 0 Å². The van der Waals surface area contributed by atoms with Gasteiger partial charge >= 0.3 is 5.97 Å². The summed E-state index contributed by atoms with van der Waals surface area (Å²) < 4.78 is 4.88. The van der Waals surface area contributed by atoms with Crippen LogP contribution < -0.4 is 10.6 Å². The number of methoxy groups -OCH3 is 1. The van der Waals surface area contributed by atoms with E-state index in [0.717, 1.165) is 30.5 Å². The Hall–Kier alpha value is -1.59. The zero-order valence-corrected chi connectivity index (χ0v) is 15.2. The molecule has 0 saturated carbocycles. The molecule has 2 unspecified atom stereocenters. The SMILES string of the molecule is COC(=O)C(CNC(=O)CC1CCCN1)Cc1cccc(C)c1.Cl. The van der Waals surface area contributed by atoms with Crippen molar-refractivity contribution in [1.29, 1.82) is 0 Å². The molecule has 2 N–H and O–H groups in total. The minimum absolute atomic E-state index is 0. The topological polar surface area (TPSA) is 67.4 Å². The highest BCUT2D eigenvalue weighted by Crippen LogP contribution is 2.13. The van der Waals surface area contributed by atoms with E-state index in [4.69, 9.17) is 4.74 Å². The second-order valence-electron chi connectivity index (χ2n) is 6.21. The monoisotopic (exact) mass is 354 g/mol. The number of carbonyl (C=O) groups excluding carboxylic acids is 2. The summed E-state index contributed by atoms with van der Waals surface area (Å²) >= 11 is 0. The van der Waals surface area contributed by atoms with Crippen molar-refractivity contribution in [3.63, 3.8) is 0 Å². The zero-order valence-electron chi connectivity index (χ0n) is 14.3. The van der Waals surface area contributed by atoms with Gasteiger partial charge in [-0.1, -0.05) is 29.8 Å². The molecule has 1 amide bonds. The van der Waals surface area contributed by atoms with Gasteiger partial charge in [-0.05, 0) is 38.3 Å². The number of hydrogen-bond acceptors (Lipinski definition) is 4. The van der Waals surface area contributed by atoms with Crippen molar-refractivity contribution in [2.45, 2.75) is 38.6 Å². The average molecular weight is 355 g/mol. The average Bonchev–Trinajstić information content (AvgIpc) is 3.03. The largest absolute Gasteiger partial charge is 0.469 e. The number of nitrogens with one attached hydrogen (secondary N) is 2. The summed E-state index contributed by atoms with van der Waals surface area (Å²) in [6.45, 7) is 3.31. The van der Waals surface area contributed by atoms with Gasteiger partial charge in [0, 0.05) is 19.0 Å². The normalized spacial score (nSPS) is 17.7. The first kappa shape index (κ1) is 20.5. The minimum Gasteiger partial charge on any atom is -0.469 e. The third-order valence-corrected chi connectivity index (χ3v) is 4.24. The lowest BCUT2D eigenvalue weighted by Crippen LogP contribution is -2.37. The standard InChI is InChI=1S/C18H26N2O3.ClH/c1-13-5-3-6-14(9-13)10-15(18(22)23-2)12-20-17(21)11-16-7-4-8-19-16;/h3,5-6,9,15-16,19H,4,7-8,10-12H2,1-2H3,(H,20,21);1H. The van der Waals surface area contributed by atoms with Crippen LogP contribution in [0.1, 0.15) is 30.4 Å².